The topological polar surface area (TPSA) is 118 Å². The molecule has 0 saturated heterocycles. The Hall–Kier alpha value is -3.58. The van der Waals surface area contributed by atoms with E-state index in [2.05, 4.69) is 14.7 Å². The maximum atomic E-state index is 14.5. The highest BCUT2D eigenvalue weighted by molar-refractivity contribution is 7.90. The first-order valence-corrected chi connectivity index (χ1v) is 11.9. The van der Waals surface area contributed by atoms with Crippen LogP contribution in [0, 0.1) is 17.1 Å². The number of hydrogen-bond donors (Lipinski definition) is 1. The van der Waals surface area contributed by atoms with Crippen molar-refractivity contribution in [3.05, 3.63) is 65.6 Å². The van der Waals surface area contributed by atoms with Gasteiger partial charge in [-0.25, -0.2) is 19.1 Å². The molecule has 3 aromatic rings. The molecule has 0 unspecified atom stereocenters. The smallest absolute Gasteiger partial charge is 0.283 e. The Morgan fingerprint density at radius 1 is 1.30 bits per heavy atom. The summed E-state index contributed by atoms with van der Waals surface area (Å²) in [5.74, 6) is -1.39. The Labute approximate surface area is 191 Å². The first-order valence-electron chi connectivity index (χ1n) is 10.5. The number of hydrogen-bond acceptors (Lipinski definition) is 6. The molecule has 4 rings (SSSR count). The predicted octanol–water partition coefficient (Wildman–Crippen LogP) is 3.46. The highest BCUT2D eigenvalue weighted by atomic mass is 32.2. The van der Waals surface area contributed by atoms with E-state index in [1.165, 1.54) is 36.9 Å². The van der Waals surface area contributed by atoms with E-state index in [-0.39, 0.29) is 29.1 Å². The molecule has 1 aliphatic carbocycles. The van der Waals surface area contributed by atoms with Crippen molar-refractivity contribution in [2.24, 2.45) is 0 Å². The Bertz CT molecular complexity index is 1370. The molecule has 1 amide bonds. The molecule has 2 aromatic heterocycles. The van der Waals surface area contributed by atoms with Crippen molar-refractivity contribution in [3.8, 4) is 17.2 Å². The minimum absolute atomic E-state index is 0.134. The van der Waals surface area contributed by atoms with Gasteiger partial charge in [-0.05, 0) is 65.3 Å². The van der Waals surface area contributed by atoms with Crippen molar-refractivity contribution in [3.63, 3.8) is 0 Å². The SMILES string of the molecule is CC(C)c1cc(F)cc(-c2ccnc(C#N)c2)c1CC(=O)NS(=O)(=O)c1cn(C2CC2)cn1. The Morgan fingerprint density at radius 3 is 2.73 bits per heavy atom. The molecule has 0 bridgehead atoms. The van der Waals surface area contributed by atoms with Crippen molar-refractivity contribution in [2.75, 3.05) is 0 Å². The summed E-state index contributed by atoms with van der Waals surface area (Å²) in [6, 6.07) is 7.93. The number of halogens is 1. The largest absolute Gasteiger partial charge is 0.333 e. The number of nitrogens with one attached hydrogen (secondary N) is 1. The van der Waals surface area contributed by atoms with Crippen LogP contribution >= 0.6 is 0 Å². The molecule has 0 radical (unpaired) electrons. The second-order valence-electron chi connectivity index (χ2n) is 8.31. The van der Waals surface area contributed by atoms with Crippen molar-refractivity contribution in [2.45, 2.75) is 50.1 Å². The van der Waals surface area contributed by atoms with Gasteiger partial charge < -0.3 is 4.57 Å². The van der Waals surface area contributed by atoms with E-state index in [1.54, 1.807) is 10.6 Å². The Balaban J connectivity index is 1.67. The minimum atomic E-state index is -4.15. The van der Waals surface area contributed by atoms with Gasteiger partial charge in [-0.2, -0.15) is 13.7 Å². The fourth-order valence-electron chi connectivity index (χ4n) is 3.71. The van der Waals surface area contributed by atoms with Gasteiger partial charge in [0, 0.05) is 18.4 Å². The van der Waals surface area contributed by atoms with Gasteiger partial charge in [-0.15, -0.1) is 0 Å². The summed E-state index contributed by atoms with van der Waals surface area (Å²) in [6.07, 6.45) is 5.93. The molecule has 8 nitrogen and oxygen atoms in total. The van der Waals surface area contributed by atoms with E-state index in [0.29, 0.717) is 22.3 Å². The standard InChI is InChI=1S/C23H22FN5O3S/c1-14(2)19-8-16(24)9-20(15-5-6-26-17(7-15)11-25)21(19)10-22(30)28-33(31,32)23-12-29(13-27-23)18-3-4-18/h5-9,12-14,18H,3-4,10H2,1-2H3,(H,28,30). The third kappa shape index (κ3) is 4.93. The van der Waals surface area contributed by atoms with Crippen LogP contribution in [0.2, 0.25) is 0 Å². The lowest BCUT2D eigenvalue weighted by atomic mass is 9.88. The van der Waals surface area contributed by atoms with Crippen molar-refractivity contribution < 1.29 is 17.6 Å². The molecule has 1 saturated carbocycles. The molecule has 0 aliphatic heterocycles. The molecule has 1 N–H and O–H groups in total. The second-order valence-corrected chi connectivity index (χ2v) is 9.94. The monoisotopic (exact) mass is 467 g/mol. The van der Waals surface area contributed by atoms with E-state index >= 15 is 0 Å². The Kier molecular flexibility index (Phi) is 5.99. The fourth-order valence-corrected chi connectivity index (χ4v) is 4.64. The maximum Gasteiger partial charge on any atom is 0.283 e. The lowest BCUT2D eigenvalue weighted by Crippen LogP contribution is -2.32. The van der Waals surface area contributed by atoms with Crippen LogP contribution in [-0.2, 0) is 21.2 Å². The van der Waals surface area contributed by atoms with Gasteiger partial charge in [0.15, 0.2) is 5.03 Å². The molecular weight excluding hydrogens is 445 g/mol. The normalized spacial score (nSPS) is 13.7. The number of rotatable bonds is 7. The highest BCUT2D eigenvalue weighted by Crippen LogP contribution is 2.35. The third-order valence-electron chi connectivity index (χ3n) is 5.46. The van der Waals surface area contributed by atoms with E-state index in [9.17, 15) is 22.9 Å². The molecule has 1 fully saturated rings. The quantitative estimate of drug-likeness (QED) is 0.569. The number of aromatic nitrogens is 3. The minimum Gasteiger partial charge on any atom is -0.333 e. The summed E-state index contributed by atoms with van der Waals surface area (Å²) in [4.78, 5) is 20.7. The van der Waals surface area contributed by atoms with Crippen LogP contribution in [0.4, 0.5) is 4.39 Å². The van der Waals surface area contributed by atoms with Gasteiger partial charge in [-0.1, -0.05) is 13.8 Å². The molecule has 1 aromatic carbocycles. The molecule has 0 atom stereocenters. The molecule has 10 heteroatoms. The lowest BCUT2D eigenvalue weighted by molar-refractivity contribution is -0.118. The molecule has 0 spiro atoms. The summed E-state index contributed by atoms with van der Waals surface area (Å²) in [6.45, 7) is 3.71. The molecule has 2 heterocycles. The summed E-state index contributed by atoms with van der Waals surface area (Å²) >= 11 is 0. The summed E-state index contributed by atoms with van der Waals surface area (Å²) in [5.41, 5.74) is 2.12. The average molecular weight is 468 g/mol. The lowest BCUT2D eigenvalue weighted by Gasteiger charge is -2.18. The van der Waals surface area contributed by atoms with Crippen molar-refractivity contribution in [1.82, 2.24) is 19.3 Å². The number of pyridine rings is 1. The number of carbonyl (C=O) groups excluding carboxylic acids is 1. The van der Waals surface area contributed by atoms with Crippen LogP contribution in [0.15, 0.2) is 48.0 Å². The van der Waals surface area contributed by atoms with E-state index in [0.717, 1.165) is 12.8 Å². The van der Waals surface area contributed by atoms with Crippen LogP contribution in [0.1, 0.15) is 55.5 Å². The maximum absolute atomic E-state index is 14.5. The molecular formula is C23H22FN5O3S. The van der Waals surface area contributed by atoms with E-state index < -0.39 is 21.7 Å². The van der Waals surface area contributed by atoms with Crippen LogP contribution < -0.4 is 4.72 Å². The highest BCUT2D eigenvalue weighted by Gasteiger charge is 2.27. The van der Waals surface area contributed by atoms with Crippen LogP contribution in [0.5, 0.6) is 0 Å². The van der Waals surface area contributed by atoms with E-state index in [4.69, 9.17) is 0 Å². The zero-order valence-corrected chi connectivity index (χ0v) is 18.9. The summed E-state index contributed by atoms with van der Waals surface area (Å²) < 4.78 is 43.6. The number of benzene rings is 1. The van der Waals surface area contributed by atoms with Gasteiger partial charge >= 0.3 is 0 Å². The van der Waals surface area contributed by atoms with Gasteiger partial charge in [0.05, 0.1) is 12.7 Å². The summed E-state index contributed by atoms with van der Waals surface area (Å²) in [5, 5.41) is 8.95. The number of nitrogens with zero attached hydrogens (tertiary/aromatic N) is 4. The van der Waals surface area contributed by atoms with Crippen LogP contribution in [-0.4, -0.2) is 28.9 Å². The number of carbonyl (C=O) groups is 1. The number of sulfonamides is 1. The van der Waals surface area contributed by atoms with Crippen molar-refractivity contribution in [1.29, 1.82) is 5.26 Å². The Morgan fingerprint density at radius 2 is 2.06 bits per heavy atom. The summed E-state index contributed by atoms with van der Waals surface area (Å²) in [7, 11) is -4.15. The first kappa shape index (κ1) is 22.6. The van der Waals surface area contributed by atoms with Crippen LogP contribution in [0.3, 0.4) is 0 Å². The van der Waals surface area contributed by atoms with Gasteiger partial charge in [-0.3, -0.25) is 4.79 Å². The average Bonchev–Trinajstić information content (AvgIpc) is 3.49. The molecule has 1 aliphatic rings. The molecule has 170 valence electrons. The van der Waals surface area contributed by atoms with Gasteiger partial charge in [0.25, 0.3) is 10.0 Å². The molecule has 33 heavy (non-hydrogen) atoms. The third-order valence-corrected chi connectivity index (χ3v) is 6.72. The van der Waals surface area contributed by atoms with Crippen molar-refractivity contribution >= 4 is 15.9 Å². The number of amides is 1. The predicted molar refractivity (Wildman–Crippen MR) is 118 cm³/mol. The first-order chi connectivity index (χ1) is 15.7. The van der Waals surface area contributed by atoms with Gasteiger partial charge in [0.2, 0.25) is 5.91 Å². The zero-order valence-electron chi connectivity index (χ0n) is 18.1. The fraction of sp³-hybridized carbons (Fsp3) is 0.304. The zero-order chi connectivity index (χ0) is 23.8. The van der Waals surface area contributed by atoms with E-state index in [1.807, 2.05) is 19.9 Å². The van der Waals surface area contributed by atoms with Gasteiger partial charge in [0.1, 0.15) is 17.6 Å². The number of imidazole rings is 1. The second kappa shape index (κ2) is 8.75. The van der Waals surface area contributed by atoms with Crippen LogP contribution in [0.25, 0.3) is 11.1 Å². The number of nitriles is 1.